The van der Waals surface area contributed by atoms with Crippen molar-refractivity contribution in [2.24, 2.45) is 20.9 Å². The Morgan fingerprint density at radius 2 is 0.613 bits per heavy atom. The van der Waals surface area contributed by atoms with E-state index in [9.17, 15) is 62.9 Å². The van der Waals surface area contributed by atoms with Crippen molar-refractivity contribution in [2.75, 3.05) is 12.7 Å². The van der Waals surface area contributed by atoms with Crippen LogP contribution in [-0.4, -0.2) is 36.2 Å². The van der Waals surface area contributed by atoms with E-state index in [1.807, 2.05) is 117 Å². The van der Waals surface area contributed by atoms with Crippen LogP contribution in [0.4, 0.5) is 99.2 Å². The van der Waals surface area contributed by atoms with Crippen LogP contribution < -0.4 is 42.7 Å². The summed E-state index contributed by atoms with van der Waals surface area (Å²) in [6.07, 6.45) is -6.29. The summed E-state index contributed by atoms with van der Waals surface area (Å²) in [5, 5.41) is 29.1. The third kappa shape index (κ3) is 22.2. The molecule has 0 amide bonds. The molecule has 28 heteroatoms. The number of hydrogen-bond donors (Lipinski definition) is 0. The van der Waals surface area contributed by atoms with Crippen LogP contribution in [0.2, 0.25) is 0 Å². The second-order valence-electron chi connectivity index (χ2n) is 30.3. The molecule has 0 unspecified atom stereocenters. The minimum absolute atomic E-state index is 0. The molecular formula is C91H83BF20N3O2PSc+. The maximum Gasteiger partial charge on any atom is 3.00 e. The third-order valence-electron chi connectivity index (χ3n) is 19.2. The maximum absolute atomic E-state index is 15.4. The van der Waals surface area contributed by atoms with Crippen LogP contribution in [-0.2, 0) is 36.7 Å². The molecule has 119 heavy (non-hydrogen) atoms. The normalized spacial score (nSPS) is 12.3. The van der Waals surface area contributed by atoms with Gasteiger partial charge in [0, 0.05) is 11.4 Å². The first-order chi connectivity index (χ1) is 55.4. The van der Waals surface area contributed by atoms with Gasteiger partial charge in [0.15, 0.2) is 69.8 Å². The van der Waals surface area contributed by atoms with Crippen molar-refractivity contribution >= 4 is 75.2 Å². The van der Waals surface area contributed by atoms with Crippen LogP contribution >= 0.6 is 7.92 Å². The fourth-order valence-corrected chi connectivity index (χ4v) is 15.6. The number of para-hydroxylation sites is 2. The van der Waals surface area contributed by atoms with Crippen LogP contribution in [0, 0.1) is 122 Å². The Balaban J connectivity index is 0.000000278. The molecule has 0 aliphatic carbocycles. The van der Waals surface area contributed by atoms with Gasteiger partial charge in [0.25, 0.3) is 0 Å². The van der Waals surface area contributed by atoms with Gasteiger partial charge in [-0.2, -0.15) is 0 Å². The molecule has 0 radical (unpaired) electrons. The van der Waals surface area contributed by atoms with Gasteiger partial charge in [0.05, 0.1) is 48.5 Å². The Morgan fingerprint density at radius 3 is 0.882 bits per heavy atom. The first-order valence-corrected chi connectivity index (χ1v) is 38.7. The van der Waals surface area contributed by atoms with Gasteiger partial charge in [-0.05, 0) is 101 Å². The van der Waals surface area contributed by atoms with E-state index >= 15 is 35.1 Å². The molecule has 0 bridgehead atoms. The molecular weight excluding hydrogens is 1630 g/mol. The van der Waals surface area contributed by atoms with Crippen LogP contribution in [0.5, 0.6) is 5.75 Å². The summed E-state index contributed by atoms with van der Waals surface area (Å²) < 4.78 is 294. The first-order valence-electron chi connectivity index (χ1n) is 37.0. The molecule has 11 aromatic carbocycles. The molecule has 0 saturated carbocycles. The predicted octanol–water partition coefficient (Wildman–Crippen LogP) is 21.8. The molecule has 11 aromatic rings. The SMILES string of the molecule is CC(=NCC[PH+](c1ccccc1)c1ccccc1)[C@H](C(C)=Nc1c(C(C)C)cccc1C(C)C)C([O-])=Nc1ccc(C(C)C)cc1.CC(C)(C)c1cccc(C(C)(C)C)c1[O-].Fc1c(F)c(F)c([B-](c2c(F)c(F)c(F)c(F)c2F)(c2c(F)c(F)c(F)c(F)c2F)c2c(F)c(F)c(F)c(F)c2F)c(F)c1F.[Sc+3].c1ccccc1.c1ccccc1. The van der Waals surface area contributed by atoms with Gasteiger partial charge in [-0.1, -0.05) is 252 Å². The van der Waals surface area contributed by atoms with Crippen LogP contribution in [0.3, 0.4) is 0 Å². The van der Waals surface area contributed by atoms with Gasteiger partial charge in [-0.15, -0.1) is 27.6 Å². The van der Waals surface area contributed by atoms with E-state index in [2.05, 4.69) is 179 Å². The molecule has 624 valence electrons. The predicted molar refractivity (Wildman–Crippen MR) is 427 cm³/mol. The van der Waals surface area contributed by atoms with Gasteiger partial charge in [-0.25, -0.2) is 87.8 Å². The van der Waals surface area contributed by atoms with Gasteiger partial charge in [0.2, 0.25) is 0 Å². The summed E-state index contributed by atoms with van der Waals surface area (Å²) in [5.74, 6) is -71.1. The average Bonchev–Trinajstić information content (AvgIpc) is 0.680. The third-order valence-corrected chi connectivity index (χ3v) is 21.9. The minimum Gasteiger partial charge on any atom is -0.872 e. The minimum atomic E-state index is -7.22. The first kappa shape index (κ1) is 97.8. The topological polar surface area (TPSA) is 83.2 Å². The molecule has 0 fully saturated rings. The zero-order valence-corrected chi connectivity index (χ0v) is 69.9. The quantitative estimate of drug-likeness (QED) is 0.0173. The zero-order chi connectivity index (χ0) is 87.9. The van der Waals surface area contributed by atoms with E-state index in [1.54, 1.807) is 0 Å². The summed E-state index contributed by atoms with van der Waals surface area (Å²) in [7, 11) is -1.04. The molecule has 0 saturated heterocycles. The Morgan fingerprint density at radius 1 is 0.345 bits per heavy atom. The summed E-state index contributed by atoms with van der Waals surface area (Å²) in [4.78, 5) is 14.9. The van der Waals surface area contributed by atoms with Crippen LogP contribution in [0.1, 0.15) is 143 Å². The fraction of sp³-hybridized carbons (Fsp3) is 0.242. The van der Waals surface area contributed by atoms with E-state index in [-0.39, 0.29) is 48.3 Å². The maximum atomic E-state index is 15.4. The zero-order valence-electron chi connectivity index (χ0n) is 67.1. The van der Waals surface area contributed by atoms with Gasteiger partial charge < -0.3 is 10.2 Å². The van der Waals surface area contributed by atoms with Crippen LogP contribution in [0.15, 0.2) is 209 Å². The van der Waals surface area contributed by atoms with Crippen LogP contribution in [0.25, 0.3) is 0 Å². The molecule has 0 heterocycles. The van der Waals surface area contributed by atoms with E-state index in [0.717, 1.165) is 34.4 Å². The number of benzene rings is 11. The van der Waals surface area contributed by atoms with E-state index < -0.39 is 158 Å². The Bertz CT molecular complexity index is 4840. The monoisotopic (exact) mass is 1720 g/mol. The summed E-state index contributed by atoms with van der Waals surface area (Å²) >= 11 is 0. The summed E-state index contributed by atoms with van der Waals surface area (Å²) in [6, 6.07) is 65.7. The number of halogens is 20. The second kappa shape index (κ2) is 42.3. The van der Waals surface area contributed by atoms with E-state index in [4.69, 9.17) is 9.98 Å². The Hall–Kier alpha value is -10.0. The molecule has 0 spiro atoms. The smallest absolute Gasteiger partial charge is 0.872 e. The van der Waals surface area contributed by atoms with Crippen molar-refractivity contribution in [1.29, 1.82) is 0 Å². The molecule has 11 rings (SSSR count). The number of nitrogens with zero attached hydrogens (tertiary/aromatic N) is 3. The molecule has 0 aromatic heterocycles. The second-order valence-corrected chi connectivity index (χ2v) is 32.9. The van der Waals surface area contributed by atoms with Crippen molar-refractivity contribution in [3.05, 3.63) is 338 Å². The largest absolute Gasteiger partial charge is 3.00 e. The van der Waals surface area contributed by atoms with Crippen molar-refractivity contribution in [2.45, 2.75) is 126 Å². The van der Waals surface area contributed by atoms with Crippen molar-refractivity contribution < 1.29 is 124 Å². The number of rotatable bonds is 17. The van der Waals surface area contributed by atoms with Gasteiger partial charge in [-0.3, -0.25) is 15.0 Å². The standard InChI is InChI=1S/C41H50N3OP.C24BF20.C14H22O.2C6H6.Sc/c1-28(2)33-22-24-34(25-23-33)44-41(45)39(32(8)43-40-37(29(3)4)20-15-21-38(40)30(5)6)31(7)42-26-27-46(35-16-11-9-12-17-35)36-18-13-10-14-19-36;26-5-1(6(27)14(35)21(42)13(5)34)25(2-7(28)15(36)22(43)16(37)8(2)29,3-9(30)17(38)23(44)18(39)10(3)31)4-11(32)19(40)24(45)20(41)12(4)33;1-13(2,3)10-8-7-9-11(12(10)15)14(4,5)6;2*1-2-4-6-5-3-1;/h9-25,28-30,39H,26-27H2,1-8H3,(H,44,45);;7-9,15H,1-6H3;2*1-6H;/q;-1;;;;+3/p-1/t39-;;;;;/m1...../s1. The molecule has 1 atom stereocenters. The average molecular weight is 1720 g/mol. The molecule has 0 aliphatic rings. The molecule has 0 aliphatic heterocycles. The Labute approximate surface area is 698 Å². The molecule has 0 N–H and O–H groups in total. The van der Waals surface area contributed by atoms with E-state index in [0.29, 0.717) is 30.0 Å². The van der Waals surface area contributed by atoms with Gasteiger partial charge in [0.1, 0.15) is 52.7 Å². The van der Waals surface area contributed by atoms with Crippen molar-refractivity contribution in [3.8, 4) is 5.75 Å². The fourth-order valence-electron chi connectivity index (χ4n) is 13.2. The van der Waals surface area contributed by atoms with Gasteiger partial charge >= 0.3 is 25.8 Å². The van der Waals surface area contributed by atoms with Crippen molar-refractivity contribution in [3.63, 3.8) is 0 Å². The summed E-state index contributed by atoms with van der Waals surface area (Å²) in [5.41, 5.74) is -5.95. The van der Waals surface area contributed by atoms with E-state index in [1.165, 1.54) is 27.3 Å². The summed E-state index contributed by atoms with van der Waals surface area (Å²) in [6.45, 7) is 30.1. The van der Waals surface area contributed by atoms with Crippen molar-refractivity contribution in [1.82, 2.24) is 0 Å². The number of aliphatic imine (C=N–C) groups is 3. The number of hydrogen-bond acceptors (Lipinski definition) is 5. The molecule has 5 nitrogen and oxygen atoms in total. The Kier molecular flexibility index (Phi) is 34.8.